The zero-order valence-electron chi connectivity index (χ0n) is 6.40. The largest absolute Gasteiger partial charge is 0.325 e. The number of halogens is 4. The molecule has 0 aromatic carbocycles. The average Bonchev–Trinajstić information content (AvgIpc) is 2.08. The van der Waals surface area contributed by atoms with Crippen molar-refractivity contribution in [1.29, 1.82) is 0 Å². The zero-order valence-corrected chi connectivity index (χ0v) is 9.31. The van der Waals surface area contributed by atoms with Crippen LogP contribution in [0.5, 0.6) is 0 Å². The number of nitrogens with zero attached hydrogens (tertiary/aromatic N) is 1. The number of pyridine rings is 1. The number of alkyl halides is 2. The summed E-state index contributed by atoms with van der Waals surface area (Å²) in [4.78, 5) is 3.74. The van der Waals surface area contributed by atoms with Gasteiger partial charge in [-0.1, -0.05) is 11.6 Å². The highest BCUT2D eigenvalue weighted by Crippen LogP contribution is 2.31. The van der Waals surface area contributed by atoms with Crippen molar-refractivity contribution >= 4 is 34.2 Å². The molecule has 0 saturated carbocycles. The first kappa shape index (κ1) is 11.1. The first-order chi connectivity index (χ1) is 6.07. The maximum atomic E-state index is 12.5. The van der Waals surface area contributed by atoms with E-state index < -0.39 is 6.43 Å². The Kier molecular flexibility index (Phi) is 3.81. The van der Waals surface area contributed by atoms with Crippen LogP contribution in [0.3, 0.4) is 0 Å². The minimum absolute atomic E-state index is 0.00710. The number of aromatic nitrogens is 1. The van der Waals surface area contributed by atoms with Crippen molar-refractivity contribution < 1.29 is 8.78 Å². The maximum absolute atomic E-state index is 12.5. The van der Waals surface area contributed by atoms with Gasteiger partial charge >= 0.3 is 0 Å². The van der Waals surface area contributed by atoms with Gasteiger partial charge in [0.2, 0.25) is 0 Å². The average molecular weight is 318 g/mol. The lowest BCUT2D eigenvalue weighted by atomic mass is 10.2. The number of hydrogen-bond acceptors (Lipinski definition) is 2. The molecule has 1 aromatic heterocycles. The fraction of sp³-hybridized carbons (Fsp3) is 0.286. The standard InChI is InChI=1S/C7H6ClF2IN2/c8-3-2-13-4(1-12)5(6(3)11)7(9)10/h2,7H,1,12H2. The molecule has 0 aliphatic carbocycles. The van der Waals surface area contributed by atoms with E-state index in [-0.39, 0.29) is 22.8 Å². The van der Waals surface area contributed by atoms with Crippen LogP contribution in [0, 0.1) is 3.57 Å². The quantitative estimate of drug-likeness (QED) is 0.852. The summed E-state index contributed by atoms with van der Waals surface area (Å²) in [5.41, 5.74) is 5.31. The van der Waals surface area contributed by atoms with E-state index in [9.17, 15) is 8.78 Å². The van der Waals surface area contributed by atoms with Gasteiger partial charge in [0.05, 0.1) is 16.3 Å². The molecular formula is C7H6ClF2IN2. The number of nitrogens with two attached hydrogens (primary N) is 1. The zero-order chi connectivity index (χ0) is 10.0. The molecule has 72 valence electrons. The molecular weight excluding hydrogens is 312 g/mol. The predicted molar refractivity (Wildman–Crippen MR) is 54.8 cm³/mol. The smallest absolute Gasteiger partial charge is 0.266 e. The Morgan fingerprint density at radius 2 is 2.23 bits per heavy atom. The summed E-state index contributed by atoms with van der Waals surface area (Å²) >= 11 is 7.40. The van der Waals surface area contributed by atoms with Crippen molar-refractivity contribution in [3.8, 4) is 0 Å². The second-order valence-corrected chi connectivity index (χ2v) is 3.77. The lowest BCUT2D eigenvalue weighted by molar-refractivity contribution is 0.148. The summed E-state index contributed by atoms with van der Waals surface area (Å²) in [6.07, 6.45) is -1.26. The second kappa shape index (κ2) is 4.47. The molecule has 0 aliphatic heterocycles. The van der Waals surface area contributed by atoms with Crippen LogP contribution < -0.4 is 5.73 Å². The highest BCUT2D eigenvalue weighted by atomic mass is 127. The summed E-state index contributed by atoms with van der Waals surface area (Å²) in [6, 6.07) is 0. The lowest BCUT2D eigenvalue weighted by Crippen LogP contribution is -2.07. The monoisotopic (exact) mass is 318 g/mol. The van der Waals surface area contributed by atoms with Crippen LogP contribution in [0.25, 0.3) is 0 Å². The minimum atomic E-state index is -2.59. The summed E-state index contributed by atoms with van der Waals surface area (Å²) in [7, 11) is 0. The van der Waals surface area contributed by atoms with Crippen molar-refractivity contribution in [2.24, 2.45) is 5.73 Å². The molecule has 0 fully saturated rings. The topological polar surface area (TPSA) is 38.9 Å². The van der Waals surface area contributed by atoms with E-state index in [2.05, 4.69) is 4.98 Å². The van der Waals surface area contributed by atoms with Crippen LogP contribution in [-0.2, 0) is 6.54 Å². The van der Waals surface area contributed by atoms with Crippen molar-refractivity contribution in [2.75, 3.05) is 0 Å². The van der Waals surface area contributed by atoms with Gasteiger partial charge in [0.15, 0.2) is 0 Å². The van der Waals surface area contributed by atoms with Crippen LogP contribution in [0.15, 0.2) is 6.20 Å². The van der Waals surface area contributed by atoms with Crippen molar-refractivity contribution in [2.45, 2.75) is 13.0 Å². The van der Waals surface area contributed by atoms with Crippen LogP contribution in [0.4, 0.5) is 8.78 Å². The molecule has 1 heterocycles. The van der Waals surface area contributed by atoms with Gasteiger partial charge in [-0.2, -0.15) is 0 Å². The van der Waals surface area contributed by atoms with E-state index >= 15 is 0 Å². The van der Waals surface area contributed by atoms with E-state index in [4.69, 9.17) is 17.3 Å². The molecule has 0 atom stereocenters. The molecule has 13 heavy (non-hydrogen) atoms. The molecule has 0 aliphatic rings. The first-order valence-corrected chi connectivity index (χ1v) is 4.84. The van der Waals surface area contributed by atoms with E-state index in [0.29, 0.717) is 3.57 Å². The Labute approximate surface area is 92.6 Å². The molecule has 2 N–H and O–H groups in total. The van der Waals surface area contributed by atoms with Gasteiger partial charge < -0.3 is 5.73 Å². The minimum Gasteiger partial charge on any atom is -0.325 e. The summed E-state index contributed by atoms with van der Waals surface area (Å²) in [5, 5.41) is 0.230. The highest BCUT2D eigenvalue weighted by Gasteiger charge is 2.19. The fourth-order valence-electron chi connectivity index (χ4n) is 0.901. The summed E-state index contributed by atoms with van der Waals surface area (Å²) in [6.45, 7) is -0.00710. The van der Waals surface area contributed by atoms with Gasteiger partial charge in [-0.15, -0.1) is 0 Å². The van der Waals surface area contributed by atoms with Crippen LogP contribution >= 0.6 is 34.2 Å². The summed E-state index contributed by atoms with van der Waals surface area (Å²) < 4.78 is 25.3. The van der Waals surface area contributed by atoms with Gasteiger partial charge in [0.1, 0.15) is 0 Å². The number of hydrogen-bond donors (Lipinski definition) is 1. The van der Waals surface area contributed by atoms with Gasteiger partial charge in [-0.25, -0.2) is 8.78 Å². The third kappa shape index (κ3) is 2.26. The van der Waals surface area contributed by atoms with E-state index in [1.807, 2.05) is 0 Å². The van der Waals surface area contributed by atoms with Gasteiger partial charge in [0, 0.05) is 16.3 Å². The van der Waals surface area contributed by atoms with E-state index in [1.165, 1.54) is 6.20 Å². The van der Waals surface area contributed by atoms with Crippen molar-refractivity contribution in [3.05, 3.63) is 26.0 Å². The molecule has 0 radical (unpaired) electrons. The molecule has 6 heteroatoms. The van der Waals surface area contributed by atoms with Crippen molar-refractivity contribution in [1.82, 2.24) is 4.98 Å². The van der Waals surface area contributed by atoms with Crippen molar-refractivity contribution in [3.63, 3.8) is 0 Å². The molecule has 2 nitrogen and oxygen atoms in total. The highest BCUT2D eigenvalue weighted by molar-refractivity contribution is 14.1. The first-order valence-electron chi connectivity index (χ1n) is 3.39. The van der Waals surface area contributed by atoms with Crippen LogP contribution in [-0.4, -0.2) is 4.98 Å². The number of rotatable bonds is 2. The van der Waals surface area contributed by atoms with Gasteiger partial charge in [0.25, 0.3) is 6.43 Å². The molecule has 0 unspecified atom stereocenters. The molecule has 0 saturated heterocycles. The second-order valence-electron chi connectivity index (χ2n) is 2.29. The Morgan fingerprint density at radius 3 is 2.69 bits per heavy atom. The molecule has 0 spiro atoms. The van der Waals surface area contributed by atoms with Crippen LogP contribution in [0.1, 0.15) is 17.7 Å². The third-order valence-corrected chi connectivity index (χ3v) is 3.27. The normalized spacial score (nSPS) is 10.9. The SMILES string of the molecule is NCc1ncc(Cl)c(I)c1C(F)F. The van der Waals surface area contributed by atoms with Crippen LogP contribution in [0.2, 0.25) is 5.02 Å². The third-order valence-electron chi connectivity index (χ3n) is 1.50. The Bertz CT molecular complexity index is 320. The van der Waals surface area contributed by atoms with E-state index in [1.54, 1.807) is 22.6 Å². The molecule has 1 rings (SSSR count). The molecule has 0 bridgehead atoms. The molecule has 1 aromatic rings. The maximum Gasteiger partial charge on any atom is 0.266 e. The fourth-order valence-corrected chi connectivity index (χ4v) is 1.74. The van der Waals surface area contributed by atoms with E-state index in [0.717, 1.165) is 0 Å². The predicted octanol–water partition coefficient (Wildman–Crippen LogP) is 2.74. The van der Waals surface area contributed by atoms with Gasteiger partial charge in [-0.3, -0.25) is 4.98 Å². The summed E-state index contributed by atoms with van der Waals surface area (Å²) in [5.74, 6) is 0. The Balaban J connectivity index is 3.32. The Hall–Kier alpha value is -0.0100. The Morgan fingerprint density at radius 1 is 1.62 bits per heavy atom. The lowest BCUT2D eigenvalue weighted by Gasteiger charge is -2.09. The van der Waals surface area contributed by atoms with Gasteiger partial charge in [-0.05, 0) is 22.6 Å². The molecule has 0 amide bonds.